The number of benzene rings is 1. The molecule has 0 saturated heterocycles. The molecule has 0 saturated carbocycles. The first-order valence-corrected chi connectivity index (χ1v) is 4.78. The van der Waals surface area contributed by atoms with Crippen LogP contribution in [0.4, 0.5) is 0 Å². The number of nitrogens with one attached hydrogen (secondary N) is 1. The molecular weight excluding hydrogens is 170 g/mol. The molecule has 60 valence electrons. The lowest BCUT2D eigenvalue weighted by molar-refractivity contribution is 0.979. The lowest BCUT2D eigenvalue weighted by Crippen LogP contribution is -2.00. The Morgan fingerprint density at radius 3 is 3.33 bits per heavy atom. The Labute approximate surface area is 73.9 Å². The van der Waals surface area contributed by atoms with E-state index in [2.05, 4.69) is 15.9 Å². The van der Waals surface area contributed by atoms with Gasteiger partial charge in [0.05, 0.1) is 16.8 Å². The fraction of sp³-hybridized carbons (Fsp3) is 0.125. The molecule has 3 nitrogen and oxygen atoms in total. The van der Waals surface area contributed by atoms with Crippen molar-refractivity contribution in [3.8, 4) is 0 Å². The Balaban J connectivity index is 2.44. The zero-order chi connectivity index (χ0) is 7.97. The number of hydrogen-bond donors (Lipinski definition) is 1. The molecule has 1 aliphatic heterocycles. The van der Waals surface area contributed by atoms with Gasteiger partial charge in [-0.3, -0.25) is 4.83 Å². The number of imidazole rings is 1. The van der Waals surface area contributed by atoms with E-state index in [0.717, 1.165) is 22.6 Å². The maximum absolute atomic E-state index is 4.47. The van der Waals surface area contributed by atoms with Crippen LogP contribution in [0.5, 0.6) is 0 Å². The van der Waals surface area contributed by atoms with E-state index in [1.54, 1.807) is 11.9 Å². The van der Waals surface area contributed by atoms with Gasteiger partial charge in [-0.05, 0) is 24.1 Å². The minimum absolute atomic E-state index is 0.953. The van der Waals surface area contributed by atoms with Gasteiger partial charge in [0.25, 0.3) is 0 Å². The summed E-state index contributed by atoms with van der Waals surface area (Å²) in [5, 5.41) is 0. The van der Waals surface area contributed by atoms with Gasteiger partial charge in [0.1, 0.15) is 5.82 Å². The first-order valence-electron chi connectivity index (χ1n) is 3.79. The second kappa shape index (κ2) is 2.17. The first-order chi connectivity index (χ1) is 5.95. The summed E-state index contributed by atoms with van der Waals surface area (Å²) in [6.07, 6.45) is 0. The quantitative estimate of drug-likeness (QED) is 0.622. The summed E-state index contributed by atoms with van der Waals surface area (Å²) < 4.78 is 2.04. The first kappa shape index (κ1) is 6.37. The third-order valence-corrected chi connectivity index (χ3v) is 2.70. The second-order valence-corrected chi connectivity index (χ2v) is 3.49. The van der Waals surface area contributed by atoms with E-state index in [4.69, 9.17) is 0 Å². The molecule has 2 aromatic rings. The summed E-state index contributed by atoms with van der Waals surface area (Å²) in [6, 6.07) is 8.15. The van der Waals surface area contributed by atoms with Crippen molar-refractivity contribution in [2.24, 2.45) is 0 Å². The van der Waals surface area contributed by atoms with Gasteiger partial charge in [0.15, 0.2) is 0 Å². The van der Waals surface area contributed by atoms with E-state index in [9.17, 15) is 0 Å². The highest BCUT2D eigenvalue weighted by molar-refractivity contribution is 7.99. The fourth-order valence-corrected chi connectivity index (χ4v) is 2.16. The van der Waals surface area contributed by atoms with Crippen LogP contribution in [0.1, 0.15) is 5.82 Å². The number of para-hydroxylation sites is 2. The molecule has 1 aliphatic rings. The summed E-state index contributed by atoms with van der Waals surface area (Å²) in [6.45, 7) is 0. The van der Waals surface area contributed by atoms with Gasteiger partial charge < -0.3 is 0 Å². The number of nitrogens with zero attached hydrogens (tertiary/aromatic N) is 2. The van der Waals surface area contributed by atoms with Crippen LogP contribution in [0, 0.1) is 0 Å². The SMILES string of the molecule is c1ccc2c(c1)nc1n2NSC1. The molecule has 3 rings (SSSR count). The number of fused-ring (bicyclic) bond motifs is 3. The molecule has 2 heterocycles. The minimum Gasteiger partial charge on any atom is -0.266 e. The highest BCUT2D eigenvalue weighted by atomic mass is 32.2. The van der Waals surface area contributed by atoms with E-state index < -0.39 is 0 Å². The van der Waals surface area contributed by atoms with Gasteiger partial charge in [-0.1, -0.05) is 12.1 Å². The molecular formula is C8H7N3S. The molecule has 0 fully saturated rings. The summed E-state index contributed by atoms with van der Waals surface area (Å²) in [7, 11) is 0. The maximum Gasteiger partial charge on any atom is 0.141 e. The largest absolute Gasteiger partial charge is 0.266 e. The number of hydrogen-bond acceptors (Lipinski definition) is 3. The van der Waals surface area contributed by atoms with Gasteiger partial charge in [-0.25, -0.2) is 9.66 Å². The van der Waals surface area contributed by atoms with Crippen molar-refractivity contribution < 1.29 is 0 Å². The molecule has 4 heteroatoms. The van der Waals surface area contributed by atoms with E-state index in [1.165, 1.54) is 0 Å². The second-order valence-electron chi connectivity index (χ2n) is 2.73. The Morgan fingerprint density at radius 2 is 2.33 bits per heavy atom. The van der Waals surface area contributed by atoms with E-state index >= 15 is 0 Å². The maximum atomic E-state index is 4.47. The van der Waals surface area contributed by atoms with E-state index in [1.807, 2.05) is 22.9 Å². The van der Waals surface area contributed by atoms with Gasteiger partial charge >= 0.3 is 0 Å². The molecule has 1 aromatic carbocycles. The van der Waals surface area contributed by atoms with Crippen LogP contribution in [0.3, 0.4) is 0 Å². The summed E-state index contributed by atoms with van der Waals surface area (Å²) in [5.74, 6) is 2.07. The summed E-state index contributed by atoms with van der Waals surface area (Å²) in [5.41, 5.74) is 2.23. The van der Waals surface area contributed by atoms with Gasteiger partial charge in [0, 0.05) is 0 Å². The molecule has 0 spiro atoms. The minimum atomic E-state index is 0.953. The molecule has 1 aromatic heterocycles. The van der Waals surface area contributed by atoms with Crippen molar-refractivity contribution in [1.29, 1.82) is 0 Å². The van der Waals surface area contributed by atoms with Gasteiger partial charge in [-0.2, -0.15) is 0 Å². The predicted molar refractivity (Wildman–Crippen MR) is 50.4 cm³/mol. The van der Waals surface area contributed by atoms with Crippen molar-refractivity contribution in [2.45, 2.75) is 5.75 Å². The van der Waals surface area contributed by atoms with Crippen LogP contribution in [-0.2, 0) is 5.75 Å². The Morgan fingerprint density at radius 1 is 1.42 bits per heavy atom. The Kier molecular flexibility index (Phi) is 1.15. The zero-order valence-corrected chi connectivity index (χ0v) is 7.14. The third kappa shape index (κ3) is 0.701. The highest BCUT2D eigenvalue weighted by Gasteiger charge is 2.14. The van der Waals surface area contributed by atoms with Crippen LogP contribution >= 0.6 is 11.9 Å². The monoisotopic (exact) mass is 177 g/mol. The fourth-order valence-electron chi connectivity index (χ4n) is 1.44. The molecule has 0 unspecified atom stereocenters. The van der Waals surface area contributed by atoms with Crippen LogP contribution in [-0.4, -0.2) is 9.66 Å². The van der Waals surface area contributed by atoms with Crippen molar-refractivity contribution in [3.63, 3.8) is 0 Å². The number of aromatic nitrogens is 2. The number of rotatable bonds is 0. The van der Waals surface area contributed by atoms with Gasteiger partial charge in [0.2, 0.25) is 0 Å². The molecule has 0 atom stereocenters. The summed E-state index contributed by atoms with van der Waals surface area (Å²) in [4.78, 5) is 7.67. The molecule has 0 amide bonds. The smallest absolute Gasteiger partial charge is 0.141 e. The van der Waals surface area contributed by atoms with E-state index in [0.29, 0.717) is 0 Å². The standard InChI is InChI=1S/C8H7N3S/c1-2-4-7-6(3-1)9-8-5-12-10-11(7)8/h1-4,10H,5H2. The average molecular weight is 177 g/mol. The molecule has 0 aliphatic carbocycles. The van der Waals surface area contributed by atoms with Crippen LogP contribution < -0.4 is 4.83 Å². The molecule has 1 N–H and O–H groups in total. The van der Waals surface area contributed by atoms with Crippen molar-refractivity contribution >= 4 is 23.0 Å². The lowest BCUT2D eigenvalue weighted by atomic mass is 10.3. The van der Waals surface area contributed by atoms with E-state index in [-0.39, 0.29) is 0 Å². The topological polar surface area (TPSA) is 29.9 Å². The average Bonchev–Trinajstić information content (AvgIpc) is 2.62. The molecule has 0 bridgehead atoms. The zero-order valence-electron chi connectivity index (χ0n) is 6.32. The Bertz CT molecular complexity index is 435. The van der Waals surface area contributed by atoms with Crippen molar-refractivity contribution in [1.82, 2.24) is 9.66 Å². The normalized spacial score (nSPS) is 14.7. The Hall–Kier alpha value is -1.16. The lowest BCUT2D eigenvalue weighted by Gasteiger charge is -1.97. The molecule has 0 radical (unpaired) electrons. The third-order valence-electron chi connectivity index (χ3n) is 1.99. The van der Waals surface area contributed by atoms with Crippen LogP contribution in [0.25, 0.3) is 11.0 Å². The van der Waals surface area contributed by atoms with Crippen LogP contribution in [0.15, 0.2) is 24.3 Å². The predicted octanol–water partition coefficient (Wildman–Crippen LogP) is 1.74. The summed E-state index contributed by atoms with van der Waals surface area (Å²) >= 11 is 1.67. The highest BCUT2D eigenvalue weighted by Crippen LogP contribution is 2.23. The van der Waals surface area contributed by atoms with Gasteiger partial charge in [-0.15, -0.1) is 0 Å². The van der Waals surface area contributed by atoms with Crippen LogP contribution in [0.2, 0.25) is 0 Å². The van der Waals surface area contributed by atoms with Crippen molar-refractivity contribution in [2.75, 3.05) is 4.83 Å². The molecule has 12 heavy (non-hydrogen) atoms. The van der Waals surface area contributed by atoms with Crippen molar-refractivity contribution in [3.05, 3.63) is 30.1 Å².